The van der Waals surface area contributed by atoms with Crippen LogP contribution in [-0.2, 0) is 35.1 Å². The Morgan fingerprint density at radius 1 is 0.941 bits per heavy atom. The quantitative estimate of drug-likeness (QED) is 0.537. The summed E-state index contributed by atoms with van der Waals surface area (Å²) in [6.07, 6.45) is 2.36. The van der Waals surface area contributed by atoms with E-state index in [1.54, 1.807) is 42.6 Å². The van der Waals surface area contributed by atoms with Crippen molar-refractivity contribution in [3.05, 3.63) is 82.7 Å². The molecule has 0 aliphatic carbocycles. The number of fused-ring (bicyclic) bond motifs is 2. The predicted octanol–water partition coefficient (Wildman–Crippen LogP) is 3.18. The second kappa shape index (κ2) is 7.89. The summed E-state index contributed by atoms with van der Waals surface area (Å²) in [5.41, 5.74) is 3.31. The number of benzene rings is 2. The van der Waals surface area contributed by atoms with E-state index >= 15 is 0 Å². The van der Waals surface area contributed by atoms with Gasteiger partial charge in [0.1, 0.15) is 0 Å². The van der Waals surface area contributed by atoms with Crippen LogP contribution in [0.4, 0.5) is 0 Å². The molecule has 3 aromatic rings. The number of hydrogen-bond donors (Lipinski definition) is 0. The molecule has 0 fully saturated rings. The molecule has 0 radical (unpaired) electrons. The minimum absolute atomic E-state index is 0.0890. The molecule has 0 atom stereocenters. The maximum Gasteiger partial charge on any atom is 0.261 e. The second-order valence-corrected chi connectivity index (χ2v) is 11.6. The lowest BCUT2D eigenvalue weighted by Crippen LogP contribution is -2.37. The summed E-state index contributed by atoms with van der Waals surface area (Å²) < 4.78 is 30.0. The van der Waals surface area contributed by atoms with E-state index < -0.39 is 10.0 Å². The van der Waals surface area contributed by atoms with E-state index in [9.17, 15) is 18.0 Å². The first-order chi connectivity index (χ1) is 16.1. The molecular weight excluding hydrogens is 452 g/mol. The monoisotopic (exact) mass is 478 g/mol. The first-order valence-electron chi connectivity index (χ1n) is 11.2. The van der Waals surface area contributed by atoms with E-state index in [0.717, 1.165) is 11.3 Å². The molecule has 176 valence electrons. The van der Waals surface area contributed by atoms with E-state index in [1.165, 1.54) is 21.3 Å². The normalized spacial score (nSPS) is 16.6. The van der Waals surface area contributed by atoms with E-state index in [0.29, 0.717) is 29.7 Å². The van der Waals surface area contributed by atoms with Crippen molar-refractivity contribution in [2.24, 2.45) is 0 Å². The summed E-state index contributed by atoms with van der Waals surface area (Å²) in [4.78, 5) is 26.6. The van der Waals surface area contributed by atoms with Crippen LogP contribution in [0.2, 0.25) is 0 Å². The molecule has 0 spiro atoms. The first-order valence-corrected chi connectivity index (χ1v) is 12.6. The van der Waals surface area contributed by atoms with Crippen molar-refractivity contribution in [2.75, 3.05) is 6.54 Å². The van der Waals surface area contributed by atoms with Gasteiger partial charge in [0.15, 0.2) is 0 Å². The zero-order valence-corrected chi connectivity index (χ0v) is 20.2. The van der Waals surface area contributed by atoms with E-state index in [-0.39, 0.29) is 35.3 Å². The van der Waals surface area contributed by atoms with Crippen LogP contribution in [0.1, 0.15) is 58.3 Å². The fourth-order valence-electron chi connectivity index (χ4n) is 4.57. The number of amides is 2. The number of carbonyl (C=O) groups is 2. The Labute approximate surface area is 198 Å². The third kappa shape index (κ3) is 3.65. The highest BCUT2D eigenvalue weighted by Gasteiger charge is 2.35. The summed E-state index contributed by atoms with van der Waals surface area (Å²) in [6.45, 7) is 6.98. The van der Waals surface area contributed by atoms with Gasteiger partial charge in [0.05, 0.1) is 34.3 Å². The van der Waals surface area contributed by atoms with Crippen molar-refractivity contribution in [1.29, 1.82) is 0 Å². The van der Waals surface area contributed by atoms with Crippen LogP contribution in [0.5, 0.6) is 0 Å². The van der Waals surface area contributed by atoms with E-state index in [4.69, 9.17) is 0 Å². The third-order valence-electron chi connectivity index (χ3n) is 6.32. The number of hydrogen-bond acceptors (Lipinski definition) is 5. The highest BCUT2D eigenvalue weighted by molar-refractivity contribution is 7.89. The van der Waals surface area contributed by atoms with Crippen LogP contribution in [0, 0.1) is 0 Å². The Bertz CT molecular complexity index is 1370. The Kier molecular flexibility index (Phi) is 5.22. The van der Waals surface area contributed by atoms with Gasteiger partial charge in [-0.15, -0.1) is 0 Å². The predicted molar refractivity (Wildman–Crippen MR) is 126 cm³/mol. The number of sulfonamides is 1. The Morgan fingerprint density at radius 3 is 2.15 bits per heavy atom. The summed E-state index contributed by atoms with van der Waals surface area (Å²) in [6, 6.07) is 13.1. The molecule has 2 aliphatic heterocycles. The molecule has 2 aliphatic rings. The van der Waals surface area contributed by atoms with Crippen LogP contribution in [0.25, 0.3) is 0 Å². The van der Waals surface area contributed by atoms with Crippen LogP contribution in [0.3, 0.4) is 0 Å². The molecule has 3 heterocycles. The molecule has 0 bridgehead atoms. The lowest BCUT2D eigenvalue weighted by atomic mass is 10.1. The minimum Gasteiger partial charge on any atom is -0.270 e. The Morgan fingerprint density at radius 2 is 1.56 bits per heavy atom. The lowest BCUT2D eigenvalue weighted by molar-refractivity contribution is 0.0642. The fourth-order valence-corrected chi connectivity index (χ4v) is 5.99. The number of imide groups is 1. The molecular formula is C25H26N4O4S. The van der Waals surface area contributed by atoms with Gasteiger partial charge in [0.2, 0.25) is 10.0 Å². The highest BCUT2D eigenvalue weighted by Crippen LogP contribution is 2.29. The Hall–Kier alpha value is -3.30. The third-order valence-corrected chi connectivity index (χ3v) is 8.17. The summed E-state index contributed by atoms with van der Waals surface area (Å²) in [7, 11) is -3.69. The summed E-state index contributed by atoms with van der Waals surface area (Å²) >= 11 is 0. The number of rotatable bonds is 4. The molecule has 2 amide bonds. The van der Waals surface area contributed by atoms with Gasteiger partial charge in [0, 0.05) is 30.8 Å². The van der Waals surface area contributed by atoms with Gasteiger partial charge >= 0.3 is 0 Å². The van der Waals surface area contributed by atoms with Crippen molar-refractivity contribution in [1.82, 2.24) is 19.0 Å². The van der Waals surface area contributed by atoms with Gasteiger partial charge in [-0.2, -0.15) is 9.40 Å². The van der Waals surface area contributed by atoms with Gasteiger partial charge < -0.3 is 0 Å². The molecule has 0 unspecified atom stereocenters. The van der Waals surface area contributed by atoms with Crippen molar-refractivity contribution >= 4 is 21.8 Å². The summed E-state index contributed by atoms with van der Waals surface area (Å²) in [5.74, 6) is -0.672. The van der Waals surface area contributed by atoms with Crippen LogP contribution in [-0.4, -0.2) is 45.8 Å². The Balaban J connectivity index is 1.32. The van der Waals surface area contributed by atoms with Crippen LogP contribution < -0.4 is 0 Å². The fraction of sp³-hybridized carbons (Fsp3) is 0.320. The number of nitrogens with zero attached hydrogens (tertiary/aromatic N) is 4. The molecule has 1 aromatic heterocycles. The lowest BCUT2D eigenvalue weighted by Gasteiger charge is -2.29. The molecule has 9 heteroatoms. The van der Waals surface area contributed by atoms with Gasteiger partial charge in [0.25, 0.3) is 11.8 Å². The van der Waals surface area contributed by atoms with Gasteiger partial charge in [-0.1, -0.05) is 24.3 Å². The second-order valence-electron chi connectivity index (χ2n) is 9.67. The maximum atomic E-state index is 13.3. The first kappa shape index (κ1) is 22.5. The van der Waals surface area contributed by atoms with Gasteiger partial charge in [-0.25, -0.2) is 8.42 Å². The smallest absolute Gasteiger partial charge is 0.261 e. The van der Waals surface area contributed by atoms with Crippen molar-refractivity contribution in [2.45, 2.75) is 50.7 Å². The average Bonchev–Trinajstić information content (AvgIpc) is 3.35. The van der Waals surface area contributed by atoms with Crippen molar-refractivity contribution in [3.8, 4) is 0 Å². The number of carbonyl (C=O) groups excluding carboxylic acids is 2. The van der Waals surface area contributed by atoms with E-state index in [2.05, 4.69) is 25.9 Å². The van der Waals surface area contributed by atoms with Gasteiger partial charge in [-0.3, -0.25) is 19.2 Å². The largest absolute Gasteiger partial charge is 0.270 e. The highest BCUT2D eigenvalue weighted by atomic mass is 32.2. The maximum absolute atomic E-state index is 13.3. The van der Waals surface area contributed by atoms with Crippen LogP contribution in [0.15, 0.2) is 59.6 Å². The molecule has 34 heavy (non-hydrogen) atoms. The van der Waals surface area contributed by atoms with Gasteiger partial charge in [-0.05, 0) is 50.6 Å². The molecule has 5 rings (SSSR count). The molecule has 2 aromatic carbocycles. The van der Waals surface area contributed by atoms with E-state index in [1.807, 2.05) is 4.68 Å². The van der Waals surface area contributed by atoms with Crippen molar-refractivity contribution < 1.29 is 18.0 Å². The number of aromatic nitrogens is 2. The topological polar surface area (TPSA) is 92.6 Å². The average molecular weight is 479 g/mol. The minimum atomic E-state index is -3.69. The molecule has 8 nitrogen and oxygen atoms in total. The standard InChI is InChI=1S/C25H26N4O4S/c1-25(2,3)29-22-12-13-27(16-18(22)14-26-29)34(32,33)19-10-8-17(9-11-19)15-28-23(30)20-6-4-5-7-21(20)24(28)31/h4-11,14H,12-13,15-16H2,1-3H3. The summed E-state index contributed by atoms with van der Waals surface area (Å²) in [5, 5.41) is 4.48. The zero-order valence-electron chi connectivity index (χ0n) is 19.4. The van der Waals surface area contributed by atoms with Crippen LogP contribution >= 0.6 is 0 Å². The molecule has 0 saturated carbocycles. The SMILES string of the molecule is CC(C)(C)n1ncc2c1CCN(S(=O)(=O)c1ccc(CN3C(=O)c4ccccc4C3=O)cc1)C2. The zero-order chi connectivity index (χ0) is 24.3. The molecule has 0 N–H and O–H groups in total. The van der Waals surface area contributed by atoms with Crippen molar-refractivity contribution in [3.63, 3.8) is 0 Å². The molecule has 0 saturated heterocycles.